The molecule has 3 heterocycles. The third-order valence-corrected chi connectivity index (χ3v) is 6.23. The van der Waals surface area contributed by atoms with Crippen molar-refractivity contribution in [1.29, 1.82) is 0 Å². The molecule has 25 heavy (non-hydrogen) atoms. The Morgan fingerprint density at radius 2 is 2.20 bits per heavy atom. The molecule has 1 aliphatic heterocycles. The van der Waals surface area contributed by atoms with Crippen LogP contribution in [0.25, 0.3) is 0 Å². The molecule has 0 aromatic carbocycles. The predicted octanol–water partition coefficient (Wildman–Crippen LogP) is 1.63. The minimum Gasteiger partial charge on any atom is -0.329 e. The Labute approximate surface area is 150 Å². The highest BCUT2D eigenvalue weighted by atomic mass is 32.1. The van der Waals surface area contributed by atoms with Crippen LogP contribution in [0.5, 0.6) is 0 Å². The molecule has 1 amide bonds. The molecule has 0 unspecified atom stereocenters. The standard InChI is InChI=1S/C18H22N4O2S/c1-21-16(23)3-2-14(20-21)17(24)22(11-13-4-9-25-12-13)15-10-18(15)5-7-19-8-6-18/h2-4,9,12,15,19H,5-8,10-11H2,1H3/t15-/m1/s1. The highest BCUT2D eigenvalue weighted by Crippen LogP contribution is 2.56. The number of carbonyl (C=O) groups is 1. The number of carbonyl (C=O) groups excluding carboxylic acids is 1. The van der Waals surface area contributed by atoms with Crippen molar-refractivity contribution < 1.29 is 4.79 Å². The number of hydrogen-bond donors (Lipinski definition) is 1. The topological polar surface area (TPSA) is 67.2 Å². The minimum absolute atomic E-state index is 0.0813. The molecule has 4 rings (SSSR count). The van der Waals surface area contributed by atoms with Crippen LogP contribution in [-0.4, -0.2) is 39.7 Å². The Hall–Kier alpha value is -1.99. The number of aromatic nitrogens is 2. The molecule has 1 saturated heterocycles. The maximum atomic E-state index is 13.2. The molecule has 0 radical (unpaired) electrons. The number of aryl methyl sites for hydroxylation is 1. The van der Waals surface area contributed by atoms with Gasteiger partial charge in [0.2, 0.25) is 0 Å². The number of rotatable bonds is 4. The first-order chi connectivity index (χ1) is 12.1. The van der Waals surface area contributed by atoms with E-state index in [2.05, 4.69) is 21.9 Å². The Balaban J connectivity index is 1.62. The first-order valence-electron chi connectivity index (χ1n) is 8.66. The Kier molecular flexibility index (Phi) is 4.21. The number of amides is 1. The van der Waals surface area contributed by atoms with Gasteiger partial charge in [0.1, 0.15) is 5.69 Å². The average Bonchev–Trinajstić information content (AvgIpc) is 3.06. The fourth-order valence-corrected chi connectivity index (χ4v) is 4.56. The zero-order valence-electron chi connectivity index (χ0n) is 14.3. The first kappa shape index (κ1) is 16.5. The molecule has 1 atom stereocenters. The second kappa shape index (κ2) is 6.38. The second-order valence-electron chi connectivity index (χ2n) is 7.08. The van der Waals surface area contributed by atoms with E-state index >= 15 is 0 Å². The van der Waals surface area contributed by atoms with Crippen LogP contribution >= 0.6 is 11.3 Å². The molecule has 1 N–H and O–H groups in total. The molecule has 132 valence electrons. The summed E-state index contributed by atoms with van der Waals surface area (Å²) >= 11 is 1.64. The molecule has 7 heteroatoms. The molecule has 1 saturated carbocycles. The van der Waals surface area contributed by atoms with Gasteiger partial charge in [-0.15, -0.1) is 0 Å². The van der Waals surface area contributed by atoms with Crippen molar-refractivity contribution in [3.05, 3.63) is 50.6 Å². The summed E-state index contributed by atoms with van der Waals surface area (Å²) in [5, 5.41) is 11.7. The molecule has 1 aliphatic carbocycles. The van der Waals surface area contributed by atoms with Crippen LogP contribution in [-0.2, 0) is 13.6 Å². The van der Waals surface area contributed by atoms with E-state index in [0.717, 1.165) is 37.9 Å². The highest BCUT2D eigenvalue weighted by Gasteiger charge is 2.57. The van der Waals surface area contributed by atoms with Gasteiger partial charge >= 0.3 is 0 Å². The lowest BCUT2D eigenvalue weighted by Gasteiger charge is -2.29. The Morgan fingerprint density at radius 1 is 1.40 bits per heavy atom. The molecule has 0 bridgehead atoms. The smallest absolute Gasteiger partial charge is 0.274 e. The van der Waals surface area contributed by atoms with Crippen LogP contribution in [0.4, 0.5) is 0 Å². The summed E-state index contributed by atoms with van der Waals surface area (Å²) in [7, 11) is 1.58. The maximum absolute atomic E-state index is 13.2. The van der Waals surface area contributed by atoms with E-state index in [1.165, 1.54) is 10.7 Å². The summed E-state index contributed by atoms with van der Waals surface area (Å²) in [6.45, 7) is 2.65. The summed E-state index contributed by atoms with van der Waals surface area (Å²) in [5.74, 6) is -0.0813. The summed E-state index contributed by atoms with van der Waals surface area (Å²) in [5.41, 5.74) is 1.55. The number of hydrogen-bond acceptors (Lipinski definition) is 5. The van der Waals surface area contributed by atoms with Crippen molar-refractivity contribution >= 4 is 17.2 Å². The zero-order valence-corrected chi connectivity index (χ0v) is 15.1. The summed E-state index contributed by atoms with van der Waals surface area (Å²) < 4.78 is 1.23. The molecule has 6 nitrogen and oxygen atoms in total. The van der Waals surface area contributed by atoms with Gasteiger partial charge < -0.3 is 10.2 Å². The van der Waals surface area contributed by atoms with Gasteiger partial charge in [0.15, 0.2) is 0 Å². The van der Waals surface area contributed by atoms with Gasteiger partial charge in [0.05, 0.1) is 0 Å². The van der Waals surface area contributed by atoms with Crippen LogP contribution in [0.2, 0.25) is 0 Å². The summed E-state index contributed by atoms with van der Waals surface area (Å²) in [6.07, 6.45) is 3.30. The molecule has 2 fully saturated rings. The van der Waals surface area contributed by atoms with E-state index in [-0.39, 0.29) is 22.9 Å². The van der Waals surface area contributed by atoms with Gasteiger partial charge in [0, 0.05) is 25.7 Å². The van der Waals surface area contributed by atoms with Crippen LogP contribution in [0.1, 0.15) is 35.3 Å². The molecule has 2 aromatic heterocycles. The minimum atomic E-state index is -0.206. The van der Waals surface area contributed by atoms with E-state index in [4.69, 9.17) is 0 Å². The van der Waals surface area contributed by atoms with Gasteiger partial charge in [0.25, 0.3) is 11.5 Å². The fraction of sp³-hybridized carbons (Fsp3) is 0.500. The Morgan fingerprint density at radius 3 is 2.88 bits per heavy atom. The number of nitrogens with zero attached hydrogens (tertiary/aromatic N) is 3. The summed E-state index contributed by atoms with van der Waals surface area (Å²) in [4.78, 5) is 26.7. The number of thiophene rings is 1. The van der Waals surface area contributed by atoms with Crippen molar-refractivity contribution in [2.24, 2.45) is 12.5 Å². The molecule has 1 spiro atoms. The number of piperidine rings is 1. The average molecular weight is 358 g/mol. The lowest BCUT2D eigenvalue weighted by atomic mass is 9.93. The SMILES string of the molecule is Cn1nc(C(=O)N(Cc2ccsc2)[C@@H]2CC23CCNCC3)ccc1=O. The number of nitrogens with one attached hydrogen (secondary N) is 1. The lowest BCUT2D eigenvalue weighted by molar-refractivity contribution is 0.0683. The largest absolute Gasteiger partial charge is 0.329 e. The normalized spacial score (nSPS) is 21.2. The van der Waals surface area contributed by atoms with Crippen molar-refractivity contribution in [2.75, 3.05) is 13.1 Å². The van der Waals surface area contributed by atoms with E-state index in [9.17, 15) is 9.59 Å². The third-order valence-electron chi connectivity index (χ3n) is 5.50. The van der Waals surface area contributed by atoms with Gasteiger partial charge in [-0.25, -0.2) is 4.68 Å². The van der Waals surface area contributed by atoms with Crippen molar-refractivity contribution in [2.45, 2.75) is 31.8 Å². The maximum Gasteiger partial charge on any atom is 0.274 e. The van der Waals surface area contributed by atoms with Gasteiger partial charge in [-0.3, -0.25) is 9.59 Å². The quantitative estimate of drug-likeness (QED) is 0.902. The van der Waals surface area contributed by atoms with Crippen molar-refractivity contribution in [1.82, 2.24) is 20.0 Å². The monoisotopic (exact) mass is 358 g/mol. The van der Waals surface area contributed by atoms with Crippen LogP contribution in [0, 0.1) is 5.41 Å². The lowest BCUT2D eigenvalue weighted by Crippen LogP contribution is -2.40. The van der Waals surface area contributed by atoms with Gasteiger partial charge in [-0.1, -0.05) is 0 Å². The highest BCUT2D eigenvalue weighted by molar-refractivity contribution is 7.07. The van der Waals surface area contributed by atoms with E-state index in [0.29, 0.717) is 12.2 Å². The van der Waals surface area contributed by atoms with Gasteiger partial charge in [-0.05, 0) is 66.2 Å². The first-order valence-corrected chi connectivity index (χ1v) is 9.60. The van der Waals surface area contributed by atoms with E-state index < -0.39 is 0 Å². The molecule has 2 aliphatic rings. The predicted molar refractivity (Wildman–Crippen MR) is 96.6 cm³/mol. The third kappa shape index (κ3) is 3.14. The van der Waals surface area contributed by atoms with Gasteiger partial charge in [-0.2, -0.15) is 16.4 Å². The van der Waals surface area contributed by atoms with Crippen LogP contribution in [0.15, 0.2) is 33.8 Å². The van der Waals surface area contributed by atoms with E-state index in [1.54, 1.807) is 24.5 Å². The van der Waals surface area contributed by atoms with Crippen LogP contribution in [0.3, 0.4) is 0 Å². The summed E-state index contributed by atoms with van der Waals surface area (Å²) in [6, 6.07) is 5.29. The van der Waals surface area contributed by atoms with Crippen molar-refractivity contribution in [3.63, 3.8) is 0 Å². The van der Waals surface area contributed by atoms with E-state index in [1.807, 2.05) is 10.3 Å². The molecule has 2 aromatic rings. The molecular weight excluding hydrogens is 336 g/mol. The Bertz CT molecular complexity index is 824. The molecular formula is C18H22N4O2S. The zero-order chi connectivity index (χ0) is 17.4. The fourth-order valence-electron chi connectivity index (χ4n) is 3.90. The van der Waals surface area contributed by atoms with Crippen molar-refractivity contribution in [3.8, 4) is 0 Å². The van der Waals surface area contributed by atoms with Crippen LogP contribution < -0.4 is 10.9 Å². The second-order valence-corrected chi connectivity index (χ2v) is 7.86.